The van der Waals surface area contributed by atoms with Crippen LogP contribution in [0.2, 0.25) is 0 Å². The Labute approximate surface area is 118 Å². The monoisotopic (exact) mass is 259 g/mol. The molecule has 0 radical (unpaired) electrons. The van der Waals surface area contributed by atoms with E-state index >= 15 is 0 Å². The Morgan fingerprint density at radius 3 is 2.68 bits per heavy atom. The largest absolute Gasteiger partial charge is 0.382 e. The second-order valence-electron chi connectivity index (χ2n) is 7.10. The van der Waals surface area contributed by atoms with Gasteiger partial charge >= 0.3 is 0 Å². The molecule has 1 heteroatoms. The molecule has 0 saturated heterocycles. The van der Waals surface area contributed by atoms with Gasteiger partial charge in [0.15, 0.2) is 0 Å². The summed E-state index contributed by atoms with van der Waals surface area (Å²) in [5.74, 6) is 0.757. The van der Waals surface area contributed by atoms with E-state index in [9.17, 15) is 0 Å². The number of rotatable bonds is 3. The maximum atomic E-state index is 3.86. The maximum Gasteiger partial charge on any atom is 0.0404 e. The first-order valence-corrected chi connectivity index (χ1v) is 7.78. The molecule has 1 saturated carbocycles. The smallest absolute Gasteiger partial charge is 0.0404 e. The van der Waals surface area contributed by atoms with Crippen molar-refractivity contribution in [2.24, 2.45) is 11.3 Å². The predicted octanol–water partition coefficient (Wildman–Crippen LogP) is 5.18. The summed E-state index contributed by atoms with van der Waals surface area (Å²) in [6.45, 7) is 11.7. The fourth-order valence-corrected chi connectivity index (χ4v) is 3.58. The van der Waals surface area contributed by atoms with Gasteiger partial charge in [-0.2, -0.15) is 0 Å². The Morgan fingerprint density at radius 2 is 2.05 bits per heavy atom. The Hall–Kier alpha value is -0.980. The highest BCUT2D eigenvalue weighted by Crippen LogP contribution is 2.40. The quantitative estimate of drug-likeness (QED) is 0.788. The van der Waals surface area contributed by atoms with E-state index < -0.39 is 0 Å². The van der Waals surface area contributed by atoms with Gasteiger partial charge < -0.3 is 5.32 Å². The van der Waals surface area contributed by atoms with Crippen molar-refractivity contribution in [3.05, 3.63) is 29.3 Å². The van der Waals surface area contributed by atoms with Gasteiger partial charge in [-0.3, -0.25) is 0 Å². The molecule has 1 aliphatic carbocycles. The number of hydrogen-bond acceptors (Lipinski definition) is 1. The van der Waals surface area contributed by atoms with Gasteiger partial charge in [0.25, 0.3) is 0 Å². The number of nitrogens with one attached hydrogen (secondary N) is 1. The van der Waals surface area contributed by atoms with Crippen LogP contribution in [0.4, 0.5) is 5.69 Å². The van der Waals surface area contributed by atoms with Crippen LogP contribution < -0.4 is 5.32 Å². The van der Waals surface area contributed by atoms with Crippen LogP contribution in [0.15, 0.2) is 18.2 Å². The third-order valence-electron chi connectivity index (χ3n) is 4.76. The molecular formula is C18H29N. The zero-order valence-electron chi connectivity index (χ0n) is 13.2. The van der Waals surface area contributed by atoms with E-state index in [-0.39, 0.29) is 0 Å². The van der Waals surface area contributed by atoms with Crippen LogP contribution in [0, 0.1) is 18.3 Å². The van der Waals surface area contributed by atoms with Gasteiger partial charge in [0.2, 0.25) is 0 Å². The summed E-state index contributed by atoms with van der Waals surface area (Å²) in [6, 6.07) is 7.29. The van der Waals surface area contributed by atoms with Gasteiger partial charge in [-0.15, -0.1) is 0 Å². The molecule has 1 fully saturated rings. The molecule has 0 aromatic heterocycles. The van der Waals surface area contributed by atoms with Crippen LogP contribution in [0.5, 0.6) is 0 Å². The van der Waals surface area contributed by atoms with E-state index in [0.717, 1.165) is 12.3 Å². The minimum absolute atomic E-state index is 0.525. The van der Waals surface area contributed by atoms with Gasteiger partial charge in [0.1, 0.15) is 0 Å². The van der Waals surface area contributed by atoms with Crippen molar-refractivity contribution in [2.45, 2.75) is 66.3 Å². The number of anilines is 1. The van der Waals surface area contributed by atoms with Crippen LogP contribution in [-0.4, -0.2) is 6.04 Å². The van der Waals surface area contributed by atoms with Crippen LogP contribution in [-0.2, 0) is 6.42 Å². The van der Waals surface area contributed by atoms with Gasteiger partial charge in [0.05, 0.1) is 0 Å². The number of para-hydroxylation sites is 1. The van der Waals surface area contributed by atoms with Crippen molar-refractivity contribution in [1.29, 1.82) is 0 Å². The van der Waals surface area contributed by atoms with Crippen LogP contribution in [0.25, 0.3) is 0 Å². The third-order valence-corrected chi connectivity index (χ3v) is 4.76. The molecule has 1 aromatic carbocycles. The van der Waals surface area contributed by atoms with Crippen LogP contribution in [0.1, 0.15) is 58.1 Å². The minimum Gasteiger partial charge on any atom is -0.382 e. The van der Waals surface area contributed by atoms with Crippen LogP contribution in [0.3, 0.4) is 0 Å². The second-order valence-corrected chi connectivity index (χ2v) is 7.10. The van der Waals surface area contributed by atoms with E-state index in [1.807, 2.05) is 0 Å². The van der Waals surface area contributed by atoms with E-state index in [2.05, 4.69) is 58.1 Å². The molecule has 19 heavy (non-hydrogen) atoms. The third kappa shape index (κ3) is 3.32. The first-order valence-electron chi connectivity index (χ1n) is 7.78. The number of hydrogen-bond donors (Lipinski definition) is 1. The fraction of sp³-hybridized carbons (Fsp3) is 0.667. The molecule has 2 atom stereocenters. The summed E-state index contributed by atoms with van der Waals surface area (Å²) in [5, 5.41) is 3.86. The average molecular weight is 259 g/mol. The lowest BCUT2D eigenvalue weighted by atomic mass is 9.70. The lowest BCUT2D eigenvalue weighted by molar-refractivity contribution is 0.177. The molecular weight excluding hydrogens is 230 g/mol. The summed E-state index contributed by atoms with van der Waals surface area (Å²) in [5.41, 5.74) is 4.76. The molecule has 1 aliphatic rings. The van der Waals surface area contributed by atoms with Crippen molar-refractivity contribution in [3.63, 3.8) is 0 Å². The van der Waals surface area contributed by atoms with Gasteiger partial charge in [-0.05, 0) is 55.1 Å². The fourth-order valence-electron chi connectivity index (χ4n) is 3.58. The first kappa shape index (κ1) is 14.4. The second kappa shape index (κ2) is 5.56. The highest BCUT2D eigenvalue weighted by atomic mass is 14.9. The van der Waals surface area contributed by atoms with Gasteiger partial charge in [-0.1, -0.05) is 45.9 Å². The summed E-state index contributed by atoms with van der Waals surface area (Å²) in [4.78, 5) is 0. The zero-order valence-corrected chi connectivity index (χ0v) is 13.2. The highest BCUT2D eigenvalue weighted by Gasteiger charge is 2.32. The molecule has 106 valence electrons. The van der Waals surface area contributed by atoms with Gasteiger partial charge in [-0.25, -0.2) is 0 Å². The molecule has 2 unspecified atom stereocenters. The summed E-state index contributed by atoms with van der Waals surface area (Å²) in [6.07, 6.45) is 5.07. The molecule has 0 heterocycles. The average Bonchev–Trinajstić information content (AvgIpc) is 2.34. The Kier molecular flexibility index (Phi) is 4.23. The SMILES string of the molecule is CCc1cccc(C)c1NC1CCC(C)(C)CC1C. The lowest BCUT2D eigenvalue weighted by Crippen LogP contribution is -2.37. The Morgan fingerprint density at radius 1 is 1.32 bits per heavy atom. The minimum atomic E-state index is 0.525. The van der Waals surface area contributed by atoms with Crippen molar-refractivity contribution < 1.29 is 0 Å². The molecule has 0 spiro atoms. The number of aryl methyl sites for hydroxylation is 2. The zero-order chi connectivity index (χ0) is 14.0. The summed E-state index contributed by atoms with van der Waals surface area (Å²) < 4.78 is 0. The van der Waals surface area contributed by atoms with Gasteiger partial charge in [0, 0.05) is 11.7 Å². The van der Waals surface area contributed by atoms with E-state index in [1.165, 1.54) is 36.1 Å². The van der Waals surface area contributed by atoms with Crippen molar-refractivity contribution in [1.82, 2.24) is 0 Å². The Balaban J connectivity index is 2.14. The lowest BCUT2D eigenvalue weighted by Gasteiger charge is -2.40. The van der Waals surface area contributed by atoms with Crippen molar-refractivity contribution in [3.8, 4) is 0 Å². The standard InChI is InChI=1S/C18H29N/c1-6-15-9-7-8-13(2)17(15)19-16-10-11-18(4,5)12-14(16)3/h7-9,14,16,19H,6,10-12H2,1-5H3. The first-order chi connectivity index (χ1) is 8.93. The summed E-state index contributed by atoms with van der Waals surface area (Å²) >= 11 is 0. The topological polar surface area (TPSA) is 12.0 Å². The van der Waals surface area contributed by atoms with Crippen LogP contribution >= 0.6 is 0 Å². The Bertz CT molecular complexity index is 433. The highest BCUT2D eigenvalue weighted by molar-refractivity contribution is 5.58. The normalized spacial score (nSPS) is 26.2. The molecule has 1 nitrogen and oxygen atoms in total. The van der Waals surface area contributed by atoms with Crippen molar-refractivity contribution >= 4 is 5.69 Å². The molecule has 1 N–H and O–H groups in total. The van der Waals surface area contributed by atoms with E-state index in [0.29, 0.717) is 11.5 Å². The van der Waals surface area contributed by atoms with E-state index in [1.54, 1.807) is 0 Å². The molecule has 2 rings (SSSR count). The maximum absolute atomic E-state index is 3.86. The molecule has 0 bridgehead atoms. The van der Waals surface area contributed by atoms with Crippen molar-refractivity contribution in [2.75, 3.05) is 5.32 Å². The summed E-state index contributed by atoms with van der Waals surface area (Å²) in [7, 11) is 0. The molecule has 0 amide bonds. The molecule has 1 aromatic rings. The van der Waals surface area contributed by atoms with E-state index in [4.69, 9.17) is 0 Å². The predicted molar refractivity (Wildman–Crippen MR) is 84.8 cm³/mol. The molecule has 0 aliphatic heterocycles. The number of benzene rings is 1.